The molecule has 5 nitrogen and oxygen atoms in total. The van der Waals surface area contributed by atoms with Gasteiger partial charge in [-0.3, -0.25) is 9.59 Å². The van der Waals surface area contributed by atoms with Gasteiger partial charge in [0.2, 0.25) is 0 Å². The van der Waals surface area contributed by atoms with Gasteiger partial charge in [-0.1, -0.05) is 18.2 Å². The lowest BCUT2D eigenvalue weighted by Gasteiger charge is -2.23. The molecular formula is C24H23F2N3O2. The van der Waals surface area contributed by atoms with Gasteiger partial charge in [-0.05, 0) is 73.1 Å². The molecule has 0 saturated carbocycles. The fourth-order valence-corrected chi connectivity index (χ4v) is 3.11. The van der Waals surface area contributed by atoms with Crippen LogP contribution in [0.2, 0.25) is 0 Å². The second kappa shape index (κ2) is 10.4. The van der Waals surface area contributed by atoms with Crippen molar-refractivity contribution < 1.29 is 18.4 Å². The molecule has 160 valence electrons. The normalized spacial score (nSPS) is 10.5. The van der Waals surface area contributed by atoms with E-state index in [0.717, 1.165) is 5.56 Å². The molecule has 3 aromatic rings. The first-order chi connectivity index (χ1) is 15.0. The van der Waals surface area contributed by atoms with Gasteiger partial charge in [0.25, 0.3) is 11.8 Å². The van der Waals surface area contributed by atoms with Crippen LogP contribution in [0.3, 0.4) is 0 Å². The monoisotopic (exact) mass is 423 g/mol. The number of nitrogens with zero attached hydrogens (tertiary/aromatic N) is 1. The van der Waals surface area contributed by atoms with Crippen molar-refractivity contribution in [3.05, 3.63) is 101 Å². The summed E-state index contributed by atoms with van der Waals surface area (Å²) in [5, 5.41) is 2.77. The van der Waals surface area contributed by atoms with E-state index in [-0.39, 0.29) is 23.9 Å². The summed E-state index contributed by atoms with van der Waals surface area (Å²) in [5.41, 5.74) is 7.54. The van der Waals surface area contributed by atoms with Gasteiger partial charge >= 0.3 is 0 Å². The molecule has 0 unspecified atom stereocenters. The van der Waals surface area contributed by atoms with Crippen LogP contribution in [-0.2, 0) is 6.54 Å². The molecule has 7 heteroatoms. The predicted octanol–water partition coefficient (Wildman–Crippen LogP) is 4.21. The third-order valence-corrected chi connectivity index (χ3v) is 4.66. The number of carbonyl (C=O) groups is 2. The zero-order valence-electron chi connectivity index (χ0n) is 16.9. The molecular weight excluding hydrogens is 400 g/mol. The number of anilines is 1. The highest BCUT2D eigenvalue weighted by Gasteiger charge is 2.17. The molecule has 2 amide bonds. The van der Waals surface area contributed by atoms with E-state index in [1.54, 1.807) is 29.2 Å². The zero-order valence-corrected chi connectivity index (χ0v) is 16.9. The van der Waals surface area contributed by atoms with Gasteiger partial charge < -0.3 is 16.0 Å². The smallest absolute Gasteiger partial charge is 0.255 e. The lowest BCUT2D eigenvalue weighted by Crippen LogP contribution is -2.32. The maximum atomic E-state index is 13.6. The van der Waals surface area contributed by atoms with Crippen molar-refractivity contribution in [3.8, 4) is 0 Å². The summed E-state index contributed by atoms with van der Waals surface area (Å²) in [6.07, 6.45) is 0.599. The number of amides is 2. The zero-order chi connectivity index (χ0) is 22.2. The van der Waals surface area contributed by atoms with E-state index in [0.29, 0.717) is 30.8 Å². The number of nitrogens with two attached hydrogens (primary N) is 1. The minimum Gasteiger partial charge on any atom is -0.334 e. The summed E-state index contributed by atoms with van der Waals surface area (Å²) >= 11 is 0. The fourth-order valence-electron chi connectivity index (χ4n) is 3.11. The van der Waals surface area contributed by atoms with Crippen LogP contribution >= 0.6 is 0 Å². The summed E-state index contributed by atoms with van der Waals surface area (Å²) in [4.78, 5) is 26.9. The van der Waals surface area contributed by atoms with E-state index >= 15 is 0 Å². The van der Waals surface area contributed by atoms with Crippen LogP contribution in [0.5, 0.6) is 0 Å². The van der Waals surface area contributed by atoms with Gasteiger partial charge in [0.15, 0.2) is 0 Å². The Bertz CT molecular complexity index is 1050. The molecule has 0 heterocycles. The molecule has 0 aliphatic carbocycles. The Kier molecular flexibility index (Phi) is 7.45. The third-order valence-electron chi connectivity index (χ3n) is 4.66. The number of hydrogen-bond donors (Lipinski definition) is 2. The van der Waals surface area contributed by atoms with Crippen LogP contribution in [0.1, 0.15) is 32.7 Å². The number of hydrogen-bond acceptors (Lipinski definition) is 3. The molecule has 0 saturated heterocycles. The summed E-state index contributed by atoms with van der Waals surface area (Å²) in [6, 6.07) is 17.9. The Morgan fingerprint density at radius 2 is 1.61 bits per heavy atom. The van der Waals surface area contributed by atoms with E-state index < -0.39 is 11.6 Å². The maximum absolute atomic E-state index is 13.6. The Balaban J connectivity index is 1.75. The number of rotatable bonds is 8. The quantitative estimate of drug-likeness (QED) is 0.570. The maximum Gasteiger partial charge on any atom is 0.255 e. The van der Waals surface area contributed by atoms with Gasteiger partial charge in [-0.25, -0.2) is 8.78 Å². The van der Waals surface area contributed by atoms with Crippen LogP contribution in [0.4, 0.5) is 14.5 Å². The molecule has 0 radical (unpaired) electrons. The topological polar surface area (TPSA) is 75.4 Å². The molecule has 0 bridgehead atoms. The first-order valence-corrected chi connectivity index (χ1v) is 9.87. The molecule has 0 aromatic heterocycles. The van der Waals surface area contributed by atoms with E-state index in [1.165, 1.54) is 42.5 Å². The fraction of sp³-hybridized carbons (Fsp3) is 0.167. The average molecular weight is 423 g/mol. The van der Waals surface area contributed by atoms with Crippen molar-refractivity contribution in [2.45, 2.75) is 13.0 Å². The molecule has 3 rings (SSSR count). The van der Waals surface area contributed by atoms with Crippen LogP contribution < -0.4 is 11.1 Å². The van der Waals surface area contributed by atoms with E-state index in [9.17, 15) is 18.4 Å². The Hall–Kier alpha value is -3.58. The molecule has 0 aliphatic heterocycles. The second-order valence-corrected chi connectivity index (χ2v) is 7.04. The average Bonchev–Trinajstić information content (AvgIpc) is 2.77. The number of carbonyl (C=O) groups excluding carboxylic acids is 2. The minimum atomic E-state index is -0.477. The van der Waals surface area contributed by atoms with Gasteiger partial charge in [0.05, 0.1) is 0 Å². The van der Waals surface area contributed by atoms with Crippen molar-refractivity contribution in [3.63, 3.8) is 0 Å². The van der Waals surface area contributed by atoms with Crippen LogP contribution in [0.15, 0.2) is 72.8 Å². The molecule has 0 spiro atoms. The molecule has 3 aromatic carbocycles. The van der Waals surface area contributed by atoms with Crippen LogP contribution in [0, 0.1) is 11.6 Å². The SMILES string of the molecule is NCCCN(Cc1cccc(NC(=O)c2ccc(F)cc2)c1)C(=O)c1cccc(F)c1. The van der Waals surface area contributed by atoms with Crippen molar-refractivity contribution in [2.75, 3.05) is 18.4 Å². The lowest BCUT2D eigenvalue weighted by molar-refractivity contribution is 0.0741. The van der Waals surface area contributed by atoms with Crippen molar-refractivity contribution in [2.24, 2.45) is 5.73 Å². The van der Waals surface area contributed by atoms with E-state index in [2.05, 4.69) is 5.32 Å². The van der Waals surface area contributed by atoms with Crippen LogP contribution in [0.25, 0.3) is 0 Å². The Morgan fingerprint density at radius 1 is 0.871 bits per heavy atom. The summed E-state index contributed by atoms with van der Waals surface area (Å²) in [7, 11) is 0. The van der Waals surface area contributed by atoms with Gasteiger partial charge in [0, 0.05) is 29.9 Å². The van der Waals surface area contributed by atoms with Gasteiger partial charge in [-0.15, -0.1) is 0 Å². The summed E-state index contributed by atoms with van der Waals surface area (Å²) < 4.78 is 26.6. The lowest BCUT2D eigenvalue weighted by atomic mass is 10.1. The van der Waals surface area contributed by atoms with Crippen LogP contribution in [-0.4, -0.2) is 29.8 Å². The van der Waals surface area contributed by atoms with Crippen molar-refractivity contribution >= 4 is 17.5 Å². The molecule has 3 N–H and O–H groups in total. The number of nitrogens with one attached hydrogen (secondary N) is 1. The van der Waals surface area contributed by atoms with E-state index in [1.807, 2.05) is 6.07 Å². The first kappa shape index (κ1) is 22.1. The highest BCUT2D eigenvalue weighted by Crippen LogP contribution is 2.17. The van der Waals surface area contributed by atoms with Crippen molar-refractivity contribution in [1.82, 2.24) is 4.90 Å². The molecule has 0 fully saturated rings. The standard InChI is InChI=1S/C24H23F2N3O2/c25-20-10-8-18(9-11-20)23(30)28-22-7-1-4-17(14-22)16-29(13-3-12-27)24(31)19-5-2-6-21(26)15-19/h1-2,4-11,14-15H,3,12-13,16,27H2,(H,28,30). The van der Waals surface area contributed by atoms with E-state index in [4.69, 9.17) is 5.73 Å². The Morgan fingerprint density at radius 3 is 2.32 bits per heavy atom. The largest absolute Gasteiger partial charge is 0.334 e. The van der Waals surface area contributed by atoms with Crippen molar-refractivity contribution in [1.29, 1.82) is 0 Å². The Labute approximate surface area is 179 Å². The molecule has 31 heavy (non-hydrogen) atoms. The predicted molar refractivity (Wildman–Crippen MR) is 116 cm³/mol. The van der Waals surface area contributed by atoms with Gasteiger partial charge in [-0.2, -0.15) is 0 Å². The molecule has 0 atom stereocenters. The third kappa shape index (κ3) is 6.20. The number of halogens is 2. The highest BCUT2D eigenvalue weighted by molar-refractivity contribution is 6.04. The van der Waals surface area contributed by atoms with Gasteiger partial charge in [0.1, 0.15) is 11.6 Å². The second-order valence-electron chi connectivity index (χ2n) is 7.04. The summed E-state index contributed by atoms with van der Waals surface area (Å²) in [5.74, 6) is -1.56. The first-order valence-electron chi connectivity index (χ1n) is 9.87. The highest BCUT2D eigenvalue weighted by atomic mass is 19.1. The molecule has 0 aliphatic rings. The summed E-state index contributed by atoms with van der Waals surface area (Å²) in [6.45, 7) is 1.11. The minimum absolute atomic E-state index is 0.262. The number of benzene rings is 3.